The number of rotatable bonds is 5. The molecule has 2 aliphatic rings. The Kier molecular flexibility index (Phi) is 7.49. The zero-order valence-corrected chi connectivity index (χ0v) is 15.5. The molecule has 0 bridgehead atoms. The largest absolute Gasteiger partial charge is 0.368 e. The number of amides is 2. The standard InChI is InChI=1S/C18H33N3O3/c1-15-7-4-5-8-16(15)24-14-18(23)21-10-6-9-20(11-12-21)13-17(22)19(2)3/h15-16H,4-14H2,1-3H3/t15-,16+/m1/s1. The highest BCUT2D eigenvalue weighted by Gasteiger charge is 2.25. The lowest BCUT2D eigenvalue weighted by Gasteiger charge is -2.29. The fourth-order valence-corrected chi connectivity index (χ4v) is 3.51. The van der Waals surface area contributed by atoms with Crippen molar-refractivity contribution in [2.24, 2.45) is 5.92 Å². The molecule has 0 aromatic heterocycles. The minimum atomic E-state index is 0.0913. The van der Waals surface area contributed by atoms with Crippen LogP contribution in [0.2, 0.25) is 0 Å². The van der Waals surface area contributed by atoms with Crippen molar-refractivity contribution in [1.29, 1.82) is 0 Å². The smallest absolute Gasteiger partial charge is 0.248 e. The summed E-state index contributed by atoms with van der Waals surface area (Å²) >= 11 is 0. The number of carbonyl (C=O) groups excluding carboxylic acids is 2. The first-order valence-corrected chi connectivity index (χ1v) is 9.29. The number of hydrogen-bond acceptors (Lipinski definition) is 4. The van der Waals surface area contributed by atoms with Crippen molar-refractivity contribution in [3.05, 3.63) is 0 Å². The van der Waals surface area contributed by atoms with Crippen LogP contribution >= 0.6 is 0 Å². The monoisotopic (exact) mass is 339 g/mol. The Morgan fingerprint density at radius 3 is 2.50 bits per heavy atom. The van der Waals surface area contributed by atoms with E-state index in [0.717, 1.165) is 32.5 Å². The molecule has 24 heavy (non-hydrogen) atoms. The van der Waals surface area contributed by atoms with E-state index in [-0.39, 0.29) is 24.5 Å². The summed E-state index contributed by atoms with van der Waals surface area (Å²) in [5.41, 5.74) is 0. The Balaban J connectivity index is 1.74. The van der Waals surface area contributed by atoms with Crippen LogP contribution in [0.3, 0.4) is 0 Å². The molecule has 1 aliphatic carbocycles. The first kappa shape index (κ1) is 19.2. The molecule has 138 valence electrons. The quantitative estimate of drug-likeness (QED) is 0.755. The van der Waals surface area contributed by atoms with Gasteiger partial charge in [-0.25, -0.2) is 0 Å². The Morgan fingerprint density at radius 1 is 1.04 bits per heavy atom. The predicted molar refractivity (Wildman–Crippen MR) is 93.7 cm³/mol. The molecule has 0 N–H and O–H groups in total. The van der Waals surface area contributed by atoms with Gasteiger partial charge in [-0.2, -0.15) is 0 Å². The van der Waals surface area contributed by atoms with E-state index < -0.39 is 0 Å². The van der Waals surface area contributed by atoms with Crippen molar-refractivity contribution in [2.75, 3.05) is 53.4 Å². The molecule has 1 heterocycles. The minimum absolute atomic E-state index is 0.0913. The van der Waals surface area contributed by atoms with Gasteiger partial charge in [-0.3, -0.25) is 14.5 Å². The Bertz CT molecular complexity index is 428. The maximum Gasteiger partial charge on any atom is 0.248 e. The molecular formula is C18H33N3O3. The van der Waals surface area contributed by atoms with E-state index in [9.17, 15) is 9.59 Å². The fourth-order valence-electron chi connectivity index (χ4n) is 3.51. The molecule has 2 fully saturated rings. The average molecular weight is 339 g/mol. The predicted octanol–water partition coefficient (Wildman–Crippen LogP) is 1.20. The molecular weight excluding hydrogens is 306 g/mol. The summed E-state index contributed by atoms with van der Waals surface area (Å²) in [5, 5.41) is 0. The summed E-state index contributed by atoms with van der Waals surface area (Å²) < 4.78 is 5.91. The Labute approximate surface area is 146 Å². The fraction of sp³-hybridized carbons (Fsp3) is 0.889. The van der Waals surface area contributed by atoms with Crippen molar-refractivity contribution in [1.82, 2.24) is 14.7 Å². The molecule has 6 heteroatoms. The van der Waals surface area contributed by atoms with Crippen molar-refractivity contribution >= 4 is 11.8 Å². The maximum absolute atomic E-state index is 12.4. The third-order valence-electron chi connectivity index (χ3n) is 5.25. The lowest BCUT2D eigenvalue weighted by Crippen LogP contribution is -2.41. The molecule has 2 amide bonds. The highest BCUT2D eigenvalue weighted by atomic mass is 16.5. The van der Waals surface area contributed by atoms with Crippen LogP contribution in [0.4, 0.5) is 0 Å². The number of hydrogen-bond donors (Lipinski definition) is 0. The van der Waals surface area contributed by atoms with Gasteiger partial charge in [-0.15, -0.1) is 0 Å². The highest BCUT2D eigenvalue weighted by molar-refractivity contribution is 5.78. The summed E-state index contributed by atoms with van der Waals surface area (Å²) in [6.07, 6.45) is 5.92. The lowest BCUT2D eigenvalue weighted by atomic mass is 9.88. The van der Waals surface area contributed by atoms with E-state index in [1.807, 2.05) is 4.90 Å². The summed E-state index contributed by atoms with van der Waals surface area (Å²) in [7, 11) is 3.55. The van der Waals surface area contributed by atoms with Gasteiger partial charge < -0.3 is 14.5 Å². The van der Waals surface area contributed by atoms with Crippen molar-refractivity contribution in [3.63, 3.8) is 0 Å². The maximum atomic E-state index is 12.4. The molecule has 0 aromatic carbocycles. The van der Waals surface area contributed by atoms with Gasteiger partial charge in [0.1, 0.15) is 6.61 Å². The van der Waals surface area contributed by atoms with Gasteiger partial charge in [0, 0.05) is 40.3 Å². The zero-order valence-electron chi connectivity index (χ0n) is 15.5. The van der Waals surface area contributed by atoms with Gasteiger partial charge in [0.15, 0.2) is 0 Å². The van der Waals surface area contributed by atoms with Gasteiger partial charge in [-0.05, 0) is 25.2 Å². The van der Waals surface area contributed by atoms with Crippen LogP contribution in [0.25, 0.3) is 0 Å². The molecule has 0 radical (unpaired) electrons. The van der Waals surface area contributed by atoms with Gasteiger partial charge in [-0.1, -0.05) is 19.8 Å². The van der Waals surface area contributed by atoms with Crippen molar-refractivity contribution in [3.8, 4) is 0 Å². The molecule has 1 saturated carbocycles. The number of carbonyl (C=O) groups is 2. The second-order valence-electron chi connectivity index (χ2n) is 7.41. The van der Waals surface area contributed by atoms with E-state index in [1.54, 1.807) is 19.0 Å². The second-order valence-corrected chi connectivity index (χ2v) is 7.41. The summed E-state index contributed by atoms with van der Waals surface area (Å²) in [6, 6.07) is 0. The minimum Gasteiger partial charge on any atom is -0.368 e. The van der Waals surface area contributed by atoms with Gasteiger partial charge >= 0.3 is 0 Å². The molecule has 1 aliphatic heterocycles. The normalized spacial score (nSPS) is 26.0. The molecule has 0 spiro atoms. The Morgan fingerprint density at radius 2 is 1.79 bits per heavy atom. The number of ether oxygens (including phenoxy) is 1. The van der Waals surface area contributed by atoms with Crippen LogP contribution in [0.5, 0.6) is 0 Å². The van der Waals surface area contributed by atoms with Gasteiger partial charge in [0.05, 0.1) is 12.6 Å². The van der Waals surface area contributed by atoms with E-state index in [4.69, 9.17) is 4.74 Å². The first-order valence-electron chi connectivity index (χ1n) is 9.29. The van der Waals surface area contributed by atoms with Crippen LogP contribution in [0.1, 0.15) is 39.0 Å². The average Bonchev–Trinajstić information content (AvgIpc) is 2.79. The highest BCUT2D eigenvalue weighted by Crippen LogP contribution is 2.26. The third kappa shape index (κ3) is 5.74. The molecule has 1 saturated heterocycles. The van der Waals surface area contributed by atoms with Crippen molar-refractivity contribution < 1.29 is 14.3 Å². The van der Waals surface area contributed by atoms with Gasteiger partial charge in [0.25, 0.3) is 0 Å². The van der Waals surface area contributed by atoms with Crippen LogP contribution in [-0.2, 0) is 14.3 Å². The van der Waals surface area contributed by atoms with Crippen LogP contribution < -0.4 is 0 Å². The zero-order chi connectivity index (χ0) is 17.5. The molecule has 0 unspecified atom stereocenters. The second kappa shape index (κ2) is 9.37. The summed E-state index contributed by atoms with van der Waals surface area (Å²) in [6.45, 7) is 5.92. The van der Waals surface area contributed by atoms with E-state index >= 15 is 0 Å². The first-order chi connectivity index (χ1) is 11.5. The van der Waals surface area contributed by atoms with Crippen LogP contribution in [0, 0.1) is 5.92 Å². The SMILES string of the molecule is C[C@@H]1CCCC[C@@H]1OCC(=O)N1CCCN(CC(=O)N(C)C)CC1. The molecule has 0 aromatic rings. The van der Waals surface area contributed by atoms with Crippen molar-refractivity contribution in [2.45, 2.75) is 45.1 Å². The molecule has 6 nitrogen and oxygen atoms in total. The van der Waals surface area contributed by atoms with Gasteiger partial charge in [0.2, 0.25) is 11.8 Å². The summed E-state index contributed by atoms with van der Waals surface area (Å²) in [5.74, 6) is 0.765. The third-order valence-corrected chi connectivity index (χ3v) is 5.25. The van der Waals surface area contributed by atoms with E-state index in [0.29, 0.717) is 19.0 Å². The number of nitrogens with zero attached hydrogens (tertiary/aromatic N) is 3. The van der Waals surface area contributed by atoms with Crippen LogP contribution in [-0.4, -0.2) is 86.0 Å². The molecule has 2 atom stereocenters. The van der Waals surface area contributed by atoms with E-state index in [1.165, 1.54) is 19.3 Å². The topological polar surface area (TPSA) is 53.1 Å². The Hall–Kier alpha value is -1.14. The summed E-state index contributed by atoms with van der Waals surface area (Å²) in [4.78, 5) is 29.9. The van der Waals surface area contributed by atoms with E-state index in [2.05, 4.69) is 11.8 Å². The molecule has 2 rings (SSSR count). The lowest BCUT2D eigenvalue weighted by molar-refractivity contribution is -0.139. The van der Waals surface area contributed by atoms with Crippen LogP contribution in [0.15, 0.2) is 0 Å². The number of likely N-dealkylation sites (N-methyl/N-ethyl adjacent to an activating group) is 1.